The number of aliphatic hydroxyl groups excluding tert-OH is 2. The molecule has 132 valence electrons. The van der Waals surface area contributed by atoms with Crippen molar-refractivity contribution in [3.8, 4) is 0 Å². The highest BCUT2D eigenvalue weighted by molar-refractivity contribution is 5.66. The van der Waals surface area contributed by atoms with Gasteiger partial charge in [-0.25, -0.2) is 0 Å². The third kappa shape index (κ3) is 14.3. The van der Waals surface area contributed by atoms with Gasteiger partial charge in [0.2, 0.25) is 0 Å². The van der Waals surface area contributed by atoms with Crippen LogP contribution in [-0.2, 0) is 4.79 Å². The standard InChI is InChI=1S/C18H36O4/c1-2-3-4-5-6-7-8-9-10-11-13-16(19)17(20)14-12-15-18(21)22/h16-17,19-20H,2-15H2,1H3,(H,21,22). The first kappa shape index (κ1) is 21.4. The van der Waals surface area contributed by atoms with Gasteiger partial charge in [0.1, 0.15) is 0 Å². The van der Waals surface area contributed by atoms with Crippen LogP contribution in [0, 0.1) is 0 Å². The Kier molecular flexibility index (Phi) is 14.9. The molecule has 0 spiro atoms. The van der Waals surface area contributed by atoms with Gasteiger partial charge in [0.25, 0.3) is 0 Å². The molecule has 0 saturated heterocycles. The molecule has 2 unspecified atom stereocenters. The number of aliphatic carboxylic acids is 1. The Balaban J connectivity index is 3.33. The van der Waals surface area contributed by atoms with E-state index in [0.29, 0.717) is 19.3 Å². The van der Waals surface area contributed by atoms with Gasteiger partial charge in [-0.3, -0.25) is 4.79 Å². The zero-order valence-electron chi connectivity index (χ0n) is 14.3. The maximum absolute atomic E-state index is 10.4. The van der Waals surface area contributed by atoms with Crippen LogP contribution in [0.2, 0.25) is 0 Å². The van der Waals surface area contributed by atoms with Crippen LogP contribution >= 0.6 is 0 Å². The minimum atomic E-state index is -0.851. The summed E-state index contributed by atoms with van der Waals surface area (Å²) in [5, 5.41) is 28.1. The van der Waals surface area contributed by atoms with Gasteiger partial charge < -0.3 is 15.3 Å². The molecule has 0 saturated carbocycles. The Bertz CT molecular complexity index is 255. The topological polar surface area (TPSA) is 77.8 Å². The van der Waals surface area contributed by atoms with E-state index in [2.05, 4.69) is 6.92 Å². The van der Waals surface area contributed by atoms with Gasteiger partial charge in [-0.1, -0.05) is 71.1 Å². The monoisotopic (exact) mass is 316 g/mol. The smallest absolute Gasteiger partial charge is 0.303 e. The molecule has 22 heavy (non-hydrogen) atoms. The van der Waals surface area contributed by atoms with E-state index in [9.17, 15) is 15.0 Å². The summed E-state index contributed by atoms with van der Waals surface area (Å²) in [6.07, 6.45) is 12.5. The van der Waals surface area contributed by atoms with Crippen LogP contribution in [-0.4, -0.2) is 33.5 Å². The molecule has 4 heteroatoms. The van der Waals surface area contributed by atoms with E-state index in [0.717, 1.165) is 12.8 Å². The first-order valence-electron chi connectivity index (χ1n) is 9.15. The van der Waals surface area contributed by atoms with Crippen LogP contribution in [0.4, 0.5) is 0 Å². The van der Waals surface area contributed by atoms with E-state index in [1.54, 1.807) is 0 Å². The van der Waals surface area contributed by atoms with Crippen molar-refractivity contribution < 1.29 is 20.1 Å². The summed E-state index contributed by atoms with van der Waals surface area (Å²) >= 11 is 0. The molecule has 0 fully saturated rings. The molecule has 0 radical (unpaired) electrons. The van der Waals surface area contributed by atoms with E-state index in [4.69, 9.17) is 5.11 Å². The van der Waals surface area contributed by atoms with Gasteiger partial charge in [-0.05, 0) is 19.3 Å². The third-order valence-corrected chi connectivity index (χ3v) is 4.19. The largest absolute Gasteiger partial charge is 0.481 e. The average molecular weight is 316 g/mol. The van der Waals surface area contributed by atoms with Gasteiger partial charge in [0, 0.05) is 6.42 Å². The molecule has 2 atom stereocenters. The van der Waals surface area contributed by atoms with E-state index in [1.165, 1.54) is 51.4 Å². The predicted octanol–water partition coefficient (Wildman–Crippen LogP) is 4.27. The Morgan fingerprint density at radius 2 is 1.14 bits per heavy atom. The van der Waals surface area contributed by atoms with Crippen molar-refractivity contribution in [2.75, 3.05) is 0 Å². The molecular weight excluding hydrogens is 280 g/mol. The number of carboxylic acid groups (broad SMARTS) is 1. The van der Waals surface area contributed by atoms with E-state index >= 15 is 0 Å². The van der Waals surface area contributed by atoms with Gasteiger partial charge in [0.15, 0.2) is 0 Å². The summed E-state index contributed by atoms with van der Waals surface area (Å²) in [6.45, 7) is 2.23. The van der Waals surface area contributed by atoms with Gasteiger partial charge in [0.05, 0.1) is 12.2 Å². The highest BCUT2D eigenvalue weighted by Gasteiger charge is 2.15. The molecule has 0 bridgehead atoms. The number of carboxylic acids is 1. The van der Waals surface area contributed by atoms with Crippen molar-refractivity contribution in [3.05, 3.63) is 0 Å². The molecule has 4 nitrogen and oxygen atoms in total. The molecule has 0 amide bonds. The van der Waals surface area contributed by atoms with Crippen molar-refractivity contribution in [1.29, 1.82) is 0 Å². The van der Waals surface area contributed by atoms with Crippen molar-refractivity contribution in [2.24, 2.45) is 0 Å². The lowest BCUT2D eigenvalue weighted by Gasteiger charge is -2.17. The second-order valence-electron chi connectivity index (χ2n) is 6.39. The molecule has 0 aromatic carbocycles. The molecule has 0 aliphatic heterocycles. The summed E-state index contributed by atoms with van der Waals surface area (Å²) in [4.78, 5) is 10.4. The van der Waals surface area contributed by atoms with Crippen molar-refractivity contribution in [2.45, 2.75) is 109 Å². The minimum absolute atomic E-state index is 0.0576. The summed E-state index contributed by atoms with van der Waals surface area (Å²) in [6, 6.07) is 0. The molecular formula is C18H36O4. The Hall–Kier alpha value is -0.610. The summed E-state index contributed by atoms with van der Waals surface area (Å²) < 4.78 is 0. The highest BCUT2D eigenvalue weighted by atomic mass is 16.4. The molecule has 0 rings (SSSR count). The van der Waals surface area contributed by atoms with Crippen LogP contribution in [0.15, 0.2) is 0 Å². The van der Waals surface area contributed by atoms with Crippen molar-refractivity contribution in [1.82, 2.24) is 0 Å². The lowest BCUT2D eigenvalue weighted by atomic mass is 10.0. The first-order valence-corrected chi connectivity index (χ1v) is 9.15. The van der Waals surface area contributed by atoms with Crippen molar-refractivity contribution in [3.63, 3.8) is 0 Å². The molecule has 3 N–H and O–H groups in total. The highest BCUT2D eigenvalue weighted by Crippen LogP contribution is 2.14. The van der Waals surface area contributed by atoms with E-state index < -0.39 is 18.2 Å². The maximum Gasteiger partial charge on any atom is 0.303 e. The fraction of sp³-hybridized carbons (Fsp3) is 0.944. The second-order valence-corrected chi connectivity index (χ2v) is 6.39. The van der Waals surface area contributed by atoms with Crippen LogP contribution in [0.5, 0.6) is 0 Å². The van der Waals surface area contributed by atoms with Gasteiger partial charge >= 0.3 is 5.97 Å². The zero-order valence-corrected chi connectivity index (χ0v) is 14.3. The summed E-state index contributed by atoms with van der Waals surface area (Å²) in [5.74, 6) is -0.851. The average Bonchev–Trinajstić information content (AvgIpc) is 2.48. The molecule has 0 heterocycles. The number of unbranched alkanes of at least 4 members (excludes halogenated alkanes) is 9. The first-order chi connectivity index (χ1) is 10.6. The van der Waals surface area contributed by atoms with Crippen molar-refractivity contribution >= 4 is 5.97 Å². The molecule has 0 aliphatic rings. The van der Waals surface area contributed by atoms with Gasteiger partial charge in [-0.2, -0.15) is 0 Å². The second kappa shape index (κ2) is 15.3. The molecule has 0 aromatic heterocycles. The fourth-order valence-electron chi connectivity index (χ4n) is 2.69. The number of hydrogen-bond donors (Lipinski definition) is 3. The molecule has 0 aromatic rings. The van der Waals surface area contributed by atoms with Crippen LogP contribution in [0.3, 0.4) is 0 Å². The minimum Gasteiger partial charge on any atom is -0.481 e. The Morgan fingerprint density at radius 1 is 0.727 bits per heavy atom. The quantitative estimate of drug-likeness (QED) is 0.371. The van der Waals surface area contributed by atoms with Crippen LogP contribution < -0.4 is 0 Å². The molecule has 0 aliphatic carbocycles. The summed E-state index contributed by atoms with van der Waals surface area (Å²) in [5.41, 5.74) is 0. The lowest BCUT2D eigenvalue weighted by Crippen LogP contribution is -2.25. The normalized spacial score (nSPS) is 14.0. The number of rotatable bonds is 16. The zero-order chi connectivity index (χ0) is 16.6. The SMILES string of the molecule is CCCCCCCCCCCCC(O)C(O)CCCC(=O)O. The van der Waals surface area contributed by atoms with Gasteiger partial charge in [-0.15, -0.1) is 0 Å². The summed E-state index contributed by atoms with van der Waals surface area (Å²) in [7, 11) is 0. The predicted molar refractivity (Wildman–Crippen MR) is 90.0 cm³/mol. The van der Waals surface area contributed by atoms with E-state index in [1.807, 2.05) is 0 Å². The number of aliphatic hydroxyl groups is 2. The van der Waals surface area contributed by atoms with E-state index in [-0.39, 0.29) is 6.42 Å². The Morgan fingerprint density at radius 3 is 1.59 bits per heavy atom. The number of carbonyl (C=O) groups is 1. The fourth-order valence-corrected chi connectivity index (χ4v) is 2.69. The van der Waals surface area contributed by atoms with Crippen LogP contribution in [0.1, 0.15) is 96.8 Å². The maximum atomic E-state index is 10.4. The van der Waals surface area contributed by atoms with Crippen LogP contribution in [0.25, 0.3) is 0 Å². The number of hydrogen-bond acceptors (Lipinski definition) is 3. The Labute approximate surface area is 135 Å². The lowest BCUT2D eigenvalue weighted by molar-refractivity contribution is -0.137. The third-order valence-electron chi connectivity index (χ3n) is 4.19.